The van der Waals surface area contributed by atoms with Gasteiger partial charge in [0.15, 0.2) is 0 Å². The zero-order valence-electron chi connectivity index (χ0n) is 9.19. The normalized spacial score (nSPS) is 21.4. The van der Waals surface area contributed by atoms with E-state index in [0.717, 1.165) is 23.3 Å². The van der Waals surface area contributed by atoms with Crippen LogP contribution in [0.25, 0.3) is 0 Å². The molecule has 1 aromatic heterocycles. The quantitative estimate of drug-likeness (QED) is 0.801. The lowest BCUT2D eigenvalue weighted by atomic mass is 10.2. The molecule has 0 aliphatic carbocycles. The Hall–Kier alpha value is -0.550. The second kappa shape index (κ2) is 4.99. The number of nitrogens with zero attached hydrogens (tertiary/aromatic N) is 2. The first-order valence-electron chi connectivity index (χ1n) is 5.42. The average molecular weight is 227 g/mol. The smallest absolute Gasteiger partial charge is 0.208 e. The maximum absolute atomic E-state index is 5.54. The molecule has 15 heavy (non-hydrogen) atoms. The molecular formula is C10H17N3OS. The van der Waals surface area contributed by atoms with Crippen LogP contribution in [-0.2, 0) is 4.74 Å². The van der Waals surface area contributed by atoms with Crippen LogP contribution in [0.1, 0.15) is 38.4 Å². The fourth-order valence-electron chi connectivity index (χ4n) is 1.52. The van der Waals surface area contributed by atoms with E-state index in [1.165, 1.54) is 12.8 Å². The van der Waals surface area contributed by atoms with Crippen molar-refractivity contribution in [3.8, 4) is 0 Å². The van der Waals surface area contributed by atoms with E-state index in [9.17, 15) is 0 Å². The first-order valence-corrected chi connectivity index (χ1v) is 6.41. The largest absolute Gasteiger partial charge is 0.377 e. The molecule has 2 heterocycles. The van der Waals surface area contributed by atoms with Crippen molar-refractivity contribution in [3.63, 3.8) is 0 Å². The lowest BCUT2D eigenvalue weighted by Crippen LogP contribution is -2.07. The zero-order chi connectivity index (χ0) is 10.7. The molecule has 5 heteroatoms. The van der Waals surface area contributed by atoms with Gasteiger partial charge in [0.25, 0.3) is 0 Å². The Bertz CT molecular complexity index is 307. The number of rotatable bonds is 4. The average Bonchev–Trinajstić information content (AvgIpc) is 2.86. The van der Waals surface area contributed by atoms with E-state index in [-0.39, 0.29) is 0 Å². The molecule has 1 N–H and O–H groups in total. The summed E-state index contributed by atoms with van der Waals surface area (Å²) in [6.45, 7) is 5.13. The molecule has 1 atom stereocenters. The number of thioether (sulfide) groups is 1. The van der Waals surface area contributed by atoms with Crippen LogP contribution >= 0.6 is 11.8 Å². The molecule has 84 valence electrons. The molecule has 1 fully saturated rings. The Morgan fingerprint density at radius 1 is 1.60 bits per heavy atom. The first kappa shape index (κ1) is 11.0. The van der Waals surface area contributed by atoms with Gasteiger partial charge in [0.1, 0.15) is 5.82 Å². The monoisotopic (exact) mass is 227 g/mol. The Morgan fingerprint density at radius 2 is 2.47 bits per heavy atom. The fraction of sp³-hybridized carbons (Fsp3) is 0.800. The molecule has 1 saturated heterocycles. The molecule has 0 unspecified atom stereocenters. The van der Waals surface area contributed by atoms with Crippen molar-refractivity contribution >= 4 is 11.8 Å². The van der Waals surface area contributed by atoms with Crippen molar-refractivity contribution in [2.75, 3.05) is 12.4 Å². The molecule has 4 nitrogen and oxygen atoms in total. The predicted octanol–water partition coefficient (Wildman–Crippen LogP) is 2.20. The SMILES string of the molecule is CC(C)c1nc(SC[C@H]2CCCO2)n[nH]1. The number of hydrogen-bond donors (Lipinski definition) is 1. The summed E-state index contributed by atoms with van der Waals surface area (Å²) in [7, 11) is 0. The van der Waals surface area contributed by atoms with Crippen molar-refractivity contribution in [1.82, 2.24) is 15.2 Å². The van der Waals surface area contributed by atoms with Gasteiger partial charge in [-0.15, -0.1) is 5.10 Å². The lowest BCUT2D eigenvalue weighted by Gasteiger charge is -2.05. The van der Waals surface area contributed by atoms with Gasteiger partial charge in [-0.2, -0.15) is 0 Å². The molecule has 0 aromatic carbocycles. The summed E-state index contributed by atoms with van der Waals surface area (Å²) in [4.78, 5) is 4.41. The van der Waals surface area contributed by atoms with Gasteiger partial charge in [-0.1, -0.05) is 25.6 Å². The van der Waals surface area contributed by atoms with Crippen molar-refractivity contribution < 1.29 is 4.74 Å². The van der Waals surface area contributed by atoms with Crippen LogP contribution in [0.5, 0.6) is 0 Å². The van der Waals surface area contributed by atoms with Crippen molar-refractivity contribution in [3.05, 3.63) is 5.82 Å². The topological polar surface area (TPSA) is 50.8 Å². The van der Waals surface area contributed by atoms with Gasteiger partial charge < -0.3 is 4.74 Å². The Balaban J connectivity index is 1.82. The van der Waals surface area contributed by atoms with Crippen LogP contribution in [0.2, 0.25) is 0 Å². The van der Waals surface area contributed by atoms with E-state index >= 15 is 0 Å². The van der Waals surface area contributed by atoms with Crippen LogP contribution < -0.4 is 0 Å². The second-order valence-electron chi connectivity index (χ2n) is 4.10. The number of H-pyrrole nitrogens is 1. The summed E-state index contributed by atoms with van der Waals surface area (Å²) in [6.07, 6.45) is 2.77. The van der Waals surface area contributed by atoms with Gasteiger partial charge in [-0.3, -0.25) is 5.10 Å². The Morgan fingerprint density at radius 3 is 3.07 bits per heavy atom. The standard InChI is InChI=1S/C10H17N3OS/c1-7(2)9-11-10(13-12-9)15-6-8-4-3-5-14-8/h7-8H,3-6H2,1-2H3,(H,11,12,13)/t8-/m1/s1. The van der Waals surface area contributed by atoms with E-state index < -0.39 is 0 Å². The molecule has 0 spiro atoms. The summed E-state index contributed by atoms with van der Waals surface area (Å²) in [5, 5.41) is 7.97. The van der Waals surface area contributed by atoms with Crippen molar-refractivity contribution in [2.24, 2.45) is 0 Å². The van der Waals surface area contributed by atoms with E-state index in [2.05, 4.69) is 29.0 Å². The van der Waals surface area contributed by atoms with Gasteiger partial charge >= 0.3 is 0 Å². The van der Waals surface area contributed by atoms with E-state index in [1.54, 1.807) is 11.8 Å². The van der Waals surface area contributed by atoms with Crippen molar-refractivity contribution in [1.29, 1.82) is 0 Å². The summed E-state index contributed by atoms with van der Waals surface area (Å²) in [5.74, 6) is 2.34. The minimum atomic E-state index is 0.399. The third-order valence-corrected chi connectivity index (χ3v) is 3.43. The minimum Gasteiger partial charge on any atom is -0.377 e. The number of aromatic amines is 1. The van der Waals surface area contributed by atoms with Gasteiger partial charge in [-0.25, -0.2) is 4.98 Å². The second-order valence-corrected chi connectivity index (χ2v) is 5.09. The molecule has 1 aromatic rings. The molecule has 0 amide bonds. The molecule has 0 radical (unpaired) electrons. The number of aromatic nitrogens is 3. The molecule has 0 bridgehead atoms. The first-order chi connectivity index (χ1) is 7.25. The Kier molecular flexibility index (Phi) is 3.64. The van der Waals surface area contributed by atoms with Gasteiger partial charge in [0.05, 0.1) is 6.10 Å². The van der Waals surface area contributed by atoms with E-state index in [4.69, 9.17) is 4.74 Å². The maximum Gasteiger partial charge on any atom is 0.208 e. The van der Waals surface area contributed by atoms with Gasteiger partial charge in [0, 0.05) is 18.3 Å². The Labute approximate surface area is 94.2 Å². The molecule has 1 aliphatic rings. The number of nitrogens with one attached hydrogen (secondary N) is 1. The van der Waals surface area contributed by atoms with Crippen LogP contribution in [0.3, 0.4) is 0 Å². The van der Waals surface area contributed by atoms with Crippen LogP contribution in [0.4, 0.5) is 0 Å². The highest BCUT2D eigenvalue weighted by Crippen LogP contribution is 2.22. The zero-order valence-corrected chi connectivity index (χ0v) is 10.0. The summed E-state index contributed by atoms with van der Waals surface area (Å²) < 4.78 is 5.54. The third kappa shape index (κ3) is 2.95. The lowest BCUT2D eigenvalue weighted by molar-refractivity contribution is 0.129. The van der Waals surface area contributed by atoms with Crippen LogP contribution in [0, 0.1) is 0 Å². The molecular weight excluding hydrogens is 210 g/mol. The highest BCUT2D eigenvalue weighted by atomic mass is 32.2. The number of ether oxygens (including phenoxy) is 1. The van der Waals surface area contributed by atoms with Gasteiger partial charge in [-0.05, 0) is 12.8 Å². The molecule has 1 aliphatic heterocycles. The maximum atomic E-state index is 5.54. The fourth-order valence-corrected chi connectivity index (χ4v) is 2.40. The highest BCUT2D eigenvalue weighted by Gasteiger charge is 2.16. The van der Waals surface area contributed by atoms with Gasteiger partial charge in [0.2, 0.25) is 5.16 Å². The third-order valence-electron chi connectivity index (χ3n) is 2.45. The van der Waals surface area contributed by atoms with Crippen molar-refractivity contribution in [2.45, 2.75) is 43.9 Å². The predicted molar refractivity (Wildman–Crippen MR) is 60.2 cm³/mol. The number of hydrogen-bond acceptors (Lipinski definition) is 4. The minimum absolute atomic E-state index is 0.399. The van der Waals surface area contributed by atoms with E-state index in [1.807, 2.05) is 0 Å². The highest BCUT2D eigenvalue weighted by molar-refractivity contribution is 7.99. The summed E-state index contributed by atoms with van der Waals surface area (Å²) in [6, 6.07) is 0. The molecule has 0 saturated carbocycles. The molecule has 2 rings (SSSR count). The van der Waals surface area contributed by atoms with E-state index in [0.29, 0.717) is 12.0 Å². The summed E-state index contributed by atoms with van der Waals surface area (Å²) >= 11 is 1.68. The van der Waals surface area contributed by atoms with Crippen LogP contribution in [0.15, 0.2) is 5.16 Å². The summed E-state index contributed by atoms with van der Waals surface area (Å²) in [5.41, 5.74) is 0. The van der Waals surface area contributed by atoms with Crippen LogP contribution in [-0.4, -0.2) is 33.6 Å².